The molecule has 0 amide bonds. The highest BCUT2D eigenvalue weighted by Crippen LogP contribution is 2.46. The van der Waals surface area contributed by atoms with Gasteiger partial charge in [-0.1, -0.05) is 41.5 Å². The first kappa shape index (κ1) is 14.3. The standard InChI is InChI=1S/C14H24O3/c1-12(2,3)10-7-9(15)8-11(13(4,5)6)14(10,16)17/h7-8,10,15-17H,1-6H3. The average Bonchev–Trinajstić information content (AvgIpc) is 2.04. The summed E-state index contributed by atoms with van der Waals surface area (Å²) in [5.74, 6) is -2.34. The Bertz CT molecular complexity index is 362. The van der Waals surface area contributed by atoms with Crippen LogP contribution in [0.15, 0.2) is 23.5 Å². The molecule has 3 nitrogen and oxygen atoms in total. The largest absolute Gasteiger partial charge is 0.508 e. The molecule has 0 aliphatic heterocycles. The molecule has 1 aliphatic rings. The third-order valence-corrected chi connectivity index (χ3v) is 3.20. The van der Waals surface area contributed by atoms with Gasteiger partial charge in [0, 0.05) is 5.92 Å². The fraction of sp³-hybridized carbons (Fsp3) is 0.714. The zero-order chi connectivity index (χ0) is 13.6. The summed E-state index contributed by atoms with van der Waals surface area (Å²) in [6, 6.07) is 0. The van der Waals surface area contributed by atoms with E-state index in [9.17, 15) is 15.3 Å². The number of hydrogen-bond donors (Lipinski definition) is 3. The Morgan fingerprint density at radius 3 is 1.88 bits per heavy atom. The van der Waals surface area contributed by atoms with Gasteiger partial charge in [0.1, 0.15) is 5.76 Å². The topological polar surface area (TPSA) is 60.7 Å². The monoisotopic (exact) mass is 240 g/mol. The van der Waals surface area contributed by atoms with Gasteiger partial charge in [-0.2, -0.15) is 0 Å². The molecule has 0 radical (unpaired) electrons. The van der Waals surface area contributed by atoms with Crippen LogP contribution in [0.4, 0.5) is 0 Å². The molecule has 3 N–H and O–H groups in total. The Morgan fingerprint density at radius 2 is 1.53 bits per heavy atom. The highest BCUT2D eigenvalue weighted by molar-refractivity contribution is 5.35. The van der Waals surface area contributed by atoms with Gasteiger partial charge in [0.2, 0.25) is 0 Å². The molecule has 17 heavy (non-hydrogen) atoms. The van der Waals surface area contributed by atoms with E-state index in [4.69, 9.17) is 0 Å². The quantitative estimate of drug-likeness (QED) is 0.571. The van der Waals surface area contributed by atoms with Crippen LogP contribution in [-0.2, 0) is 0 Å². The van der Waals surface area contributed by atoms with Gasteiger partial charge in [0.05, 0.1) is 0 Å². The molecule has 0 fully saturated rings. The highest BCUT2D eigenvalue weighted by atomic mass is 16.5. The van der Waals surface area contributed by atoms with E-state index >= 15 is 0 Å². The second kappa shape index (κ2) is 3.85. The maximum absolute atomic E-state index is 10.4. The maximum atomic E-state index is 10.4. The first-order chi connectivity index (χ1) is 7.37. The number of allylic oxidation sites excluding steroid dienone is 1. The molecule has 1 rings (SSSR count). The predicted octanol–water partition coefficient (Wildman–Crippen LogP) is 2.76. The minimum absolute atomic E-state index is 0.105. The molecular formula is C14H24O3. The smallest absolute Gasteiger partial charge is 0.193 e. The normalized spacial score (nSPS) is 25.3. The van der Waals surface area contributed by atoms with Crippen LogP contribution in [0.3, 0.4) is 0 Å². The highest BCUT2D eigenvalue weighted by Gasteiger charge is 2.48. The van der Waals surface area contributed by atoms with E-state index in [1.807, 2.05) is 41.5 Å². The van der Waals surface area contributed by atoms with Crippen molar-refractivity contribution in [2.24, 2.45) is 16.7 Å². The van der Waals surface area contributed by atoms with Gasteiger partial charge >= 0.3 is 0 Å². The molecule has 1 unspecified atom stereocenters. The van der Waals surface area contributed by atoms with Crippen LogP contribution in [0.25, 0.3) is 0 Å². The van der Waals surface area contributed by atoms with E-state index in [0.717, 1.165) is 0 Å². The summed E-state index contributed by atoms with van der Waals surface area (Å²) in [5.41, 5.74) is -0.303. The van der Waals surface area contributed by atoms with Gasteiger partial charge in [-0.25, -0.2) is 0 Å². The molecular weight excluding hydrogens is 216 g/mol. The summed E-state index contributed by atoms with van der Waals surface area (Å²) in [6.07, 6.45) is 2.98. The molecule has 0 bridgehead atoms. The van der Waals surface area contributed by atoms with Crippen molar-refractivity contribution in [1.82, 2.24) is 0 Å². The van der Waals surface area contributed by atoms with Gasteiger partial charge in [-0.05, 0) is 28.6 Å². The molecule has 0 saturated heterocycles. The van der Waals surface area contributed by atoms with Crippen LogP contribution >= 0.6 is 0 Å². The van der Waals surface area contributed by atoms with Crippen LogP contribution in [0.2, 0.25) is 0 Å². The summed E-state index contributed by atoms with van der Waals surface area (Å²) in [6.45, 7) is 11.5. The van der Waals surface area contributed by atoms with Gasteiger partial charge in [-0.15, -0.1) is 0 Å². The molecule has 1 aliphatic carbocycles. The summed E-state index contributed by atoms with van der Waals surface area (Å²) in [5, 5.41) is 30.6. The van der Waals surface area contributed by atoms with Crippen LogP contribution in [0, 0.1) is 16.7 Å². The van der Waals surface area contributed by atoms with E-state index in [1.165, 1.54) is 12.2 Å². The summed E-state index contributed by atoms with van der Waals surface area (Å²) in [4.78, 5) is 0. The lowest BCUT2D eigenvalue weighted by Gasteiger charge is -2.45. The Morgan fingerprint density at radius 1 is 1.06 bits per heavy atom. The van der Waals surface area contributed by atoms with E-state index in [1.54, 1.807) is 0 Å². The number of aliphatic hydroxyl groups excluding tert-OH is 1. The van der Waals surface area contributed by atoms with Gasteiger partial charge in [-0.3, -0.25) is 0 Å². The molecule has 1 atom stereocenters. The second-order valence-corrected chi connectivity index (χ2v) is 6.97. The number of aliphatic hydroxyl groups is 3. The molecule has 0 saturated carbocycles. The molecule has 3 heteroatoms. The van der Waals surface area contributed by atoms with Gasteiger partial charge < -0.3 is 15.3 Å². The SMILES string of the molecule is CC(C)(C)C1=CC(O)=CC(C(C)(C)C)C1(O)O. The molecule has 0 heterocycles. The summed E-state index contributed by atoms with van der Waals surface area (Å²) >= 11 is 0. The average molecular weight is 240 g/mol. The Labute approximate surface area is 103 Å². The van der Waals surface area contributed by atoms with Crippen molar-refractivity contribution in [3.05, 3.63) is 23.5 Å². The van der Waals surface area contributed by atoms with E-state index in [-0.39, 0.29) is 11.2 Å². The van der Waals surface area contributed by atoms with Gasteiger partial charge in [0.15, 0.2) is 5.79 Å². The Balaban J connectivity index is 3.32. The minimum Gasteiger partial charge on any atom is -0.508 e. The number of rotatable bonds is 0. The third-order valence-electron chi connectivity index (χ3n) is 3.20. The lowest BCUT2D eigenvalue weighted by atomic mass is 9.66. The van der Waals surface area contributed by atoms with Crippen molar-refractivity contribution in [2.45, 2.75) is 47.3 Å². The fourth-order valence-electron chi connectivity index (χ4n) is 2.38. The van der Waals surface area contributed by atoms with Crippen molar-refractivity contribution >= 4 is 0 Å². The predicted molar refractivity (Wildman–Crippen MR) is 68.4 cm³/mol. The first-order valence-corrected chi connectivity index (χ1v) is 5.95. The van der Waals surface area contributed by atoms with Crippen molar-refractivity contribution < 1.29 is 15.3 Å². The van der Waals surface area contributed by atoms with E-state index < -0.39 is 17.1 Å². The fourth-order valence-corrected chi connectivity index (χ4v) is 2.38. The molecule has 0 aromatic rings. The van der Waals surface area contributed by atoms with E-state index in [0.29, 0.717) is 5.57 Å². The molecule has 0 aromatic carbocycles. The zero-order valence-corrected chi connectivity index (χ0v) is 11.6. The van der Waals surface area contributed by atoms with Crippen LogP contribution in [0.1, 0.15) is 41.5 Å². The minimum atomic E-state index is -1.91. The first-order valence-electron chi connectivity index (χ1n) is 5.95. The van der Waals surface area contributed by atoms with Crippen LogP contribution in [0.5, 0.6) is 0 Å². The summed E-state index contributed by atoms with van der Waals surface area (Å²) in [7, 11) is 0. The van der Waals surface area contributed by atoms with Crippen molar-refractivity contribution in [3.8, 4) is 0 Å². The lowest BCUT2D eigenvalue weighted by Crippen LogP contribution is -2.49. The zero-order valence-electron chi connectivity index (χ0n) is 11.6. The Kier molecular flexibility index (Phi) is 3.23. The second-order valence-electron chi connectivity index (χ2n) is 6.97. The van der Waals surface area contributed by atoms with Crippen molar-refractivity contribution in [3.63, 3.8) is 0 Å². The molecule has 0 aromatic heterocycles. The number of hydrogen-bond acceptors (Lipinski definition) is 3. The van der Waals surface area contributed by atoms with Crippen LogP contribution in [-0.4, -0.2) is 21.1 Å². The molecule has 0 spiro atoms. The lowest BCUT2D eigenvalue weighted by molar-refractivity contribution is -0.189. The summed E-state index contributed by atoms with van der Waals surface area (Å²) < 4.78 is 0. The van der Waals surface area contributed by atoms with E-state index in [2.05, 4.69) is 0 Å². The van der Waals surface area contributed by atoms with Gasteiger partial charge in [0.25, 0.3) is 0 Å². The maximum Gasteiger partial charge on any atom is 0.193 e. The van der Waals surface area contributed by atoms with Crippen molar-refractivity contribution in [2.75, 3.05) is 0 Å². The molecule has 98 valence electrons. The third kappa shape index (κ3) is 2.72. The van der Waals surface area contributed by atoms with Crippen LogP contribution < -0.4 is 0 Å². The Hall–Kier alpha value is -0.800. The van der Waals surface area contributed by atoms with Crippen molar-refractivity contribution in [1.29, 1.82) is 0 Å².